The second kappa shape index (κ2) is 9.11. The number of unbranched alkanes of at least 4 members (excludes halogenated alkanes) is 1. The molecule has 0 aromatic heterocycles. The van der Waals surface area contributed by atoms with Gasteiger partial charge in [-0.1, -0.05) is 49.3 Å². The van der Waals surface area contributed by atoms with Crippen LogP contribution in [0.25, 0.3) is 0 Å². The summed E-state index contributed by atoms with van der Waals surface area (Å²) < 4.78 is 0. The molecule has 0 radical (unpaired) electrons. The van der Waals surface area contributed by atoms with Gasteiger partial charge in [0.2, 0.25) is 0 Å². The van der Waals surface area contributed by atoms with Gasteiger partial charge in [0, 0.05) is 12.5 Å². The van der Waals surface area contributed by atoms with Crippen LogP contribution in [-0.2, 0) is 4.84 Å². The van der Waals surface area contributed by atoms with E-state index >= 15 is 0 Å². The molecule has 0 aromatic carbocycles. The van der Waals surface area contributed by atoms with Gasteiger partial charge in [0.05, 0.1) is 0 Å². The number of nitrogens with one attached hydrogen (secondary N) is 1. The average Bonchev–Trinajstić information content (AvgIpc) is 2.81. The van der Waals surface area contributed by atoms with Crippen LogP contribution in [0.1, 0.15) is 52.9 Å². The molecule has 0 aliphatic carbocycles. The number of hydrogen-bond donors (Lipinski definition) is 1. The van der Waals surface area contributed by atoms with Crippen LogP contribution in [0, 0.1) is 5.92 Å². The second-order valence-corrected chi connectivity index (χ2v) is 5.59. The van der Waals surface area contributed by atoms with Gasteiger partial charge in [-0.25, -0.2) is 5.48 Å². The molecule has 19 heavy (non-hydrogen) atoms. The zero-order valence-electron chi connectivity index (χ0n) is 12.7. The second-order valence-electron chi connectivity index (χ2n) is 5.59. The normalized spacial score (nSPS) is 24.8. The summed E-state index contributed by atoms with van der Waals surface area (Å²) in [6.07, 6.45) is 12.5. The third-order valence-corrected chi connectivity index (χ3v) is 3.71. The van der Waals surface area contributed by atoms with Gasteiger partial charge in [-0.15, -0.1) is 0 Å². The number of hydrogen-bond acceptors (Lipinski definition) is 2. The summed E-state index contributed by atoms with van der Waals surface area (Å²) in [7, 11) is 0. The highest BCUT2D eigenvalue weighted by Gasteiger charge is 2.26. The van der Waals surface area contributed by atoms with E-state index < -0.39 is 0 Å². The largest absolute Gasteiger partial charge is 0.294 e. The van der Waals surface area contributed by atoms with Crippen molar-refractivity contribution in [2.24, 2.45) is 5.92 Å². The first-order valence-electron chi connectivity index (χ1n) is 7.51. The maximum absolute atomic E-state index is 5.64. The van der Waals surface area contributed by atoms with Crippen molar-refractivity contribution in [1.82, 2.24) is 5.48 Å². The summed E-state index contributed by atoms with van der Waals surface area (Å²) in [6, 6.07) is 0. The van der Waals surface area contributed by atoms with Crippen molar-refractivity contribution in [3.05, 3.63) is 36.0 Å². The van der Waals surface area contributed by atoms with Crippen molar-refractivity contribution in [2.75, 3.05) is 6.54 Å². The Hall–Kier alpha value is -0.860. The number of hydroxylamine groups is 1. The predicted octanol–water partition coefficient (Wildman–Crippen LogP) is 4.56. The molecule has 2 heteroatoms. The fourth-order valence-electron chi connectivity index (χ4n) is 2.42. The first-order valence-corrected chi connectivity index (χ1v) is 7.51. The predicted molar refractivity (Wildman–Crippen MR) is 82.8 cm³/mol. The van der Waals surface area contributed by atoms with E-state index in [2.05, 4.69) is 45.0 Å². The Balaban J connectivity index is 2.45. The van der Waals surface area contributed by atoms with Gasteiger partial charge in [0.15, 0.2) is 0 Å². The molecule has 0 saturated carbocycles. The van der Waals surface area contributed by atoms with Crippen molar-refractivity contribution in [3.63, 3.8) is 0 Å². The molecule has 108 valence electrons. The van der Waals surface area contributed by atoms with Crippen molar-refractivity contribution in [1.29, 1.82) is 0 Å². The van der Waals surface area contributed by atoms with Gasteiger partial charge in [0.25, 0.3) is 0 Å². The fourth-order valence-corrected chi connectivity index (χ4v) is 2.42. The highest BCUT2D eigenvalue weighted by atomic mass is 16.7. The van der Waals surface area contributed by atoms with E-state index in [-0.39, 0.29) is 6.10 Å². The van der Waals surface area contributed by atoms with Gasteiger partial charge in [-0.05, 0) is 39.5 Å². The molecule has 0 amide bonds. The lowest BCUT2D eigenvalue weighted by molar-refractivity contribution is 0.0505. The Morgan fingerprint density at radius 1 is 1.32 bits per heavy atom. The molecule has 0 aromatic rings. The van der Waals surface area contributed by atoms with Gasteiger partial charge in [0.1, 0.15) is 6.10 Å². The first kappa shape index (κ1) is 16.2. The summed E-state index contributed by atoms with van der Waals surface area (Å²) in [5, 5.41) is 0. The van der Waals surface area contributed by atoms with E-state index in [0.717, 1.165) is 13.0 Å². The molecular formula is C17H29NO. The zero-order chi connectivity index (χ0) is 14.1. The van der Waals surface area contributed by atoms with Crippen molar-refractivity contribution in [3.8, 4) is 0 Å². The highest BCUT2D eigenvalue weighted by Crippen LogP contribution is 2.23. The standard InChI is InChI=1S/C17H29NO/c1-5-7-9-15(4)12-17-16(13-18-19-17)11-10-14(3)8-6-2/h6,8,12,16-18H,2,5,7,9-11,13H2,1,3-4H3/b14-8+,15-12+. The van der Waals surface area contributed by atoms with E-state index in [1.807, 2.05) is 6.08 Å². The van der Waals surface area contributed by atoms with Crippen molar-refractivity contribution < 1.29 is 4.84 Å². The van der Waals surface area contributed by atoms with Gasteiger partial charge >= 0.3 is 0 Å². The molecular weight excluding hydrogens is 234 g/mol. The zero-order valence-corrected chi connectivity index (χ0v) is 12.7. The number of allylic oxidation sites excluding steroid dienone is 4. The van der Waals surface area contributed by atoms with Crippen molar-refractivity contribution in [2.45, 2.75) is 59.0 Å². The molecule has 1 aliphatic rings. The Morgan fingerprint density at radius 3 is 2.79 bits per heavy atom. The minimum atomic E-state index is 0.244. The molecule has 0 spiro atoms. The van der Waals surface area contributed by atoms with Gasteiger partial charge < -0.3 is 0 Å². The van der Waals surface area contributed by atoms with E-state index in [9.17, 15) is 0 Å². The van der Waals surface area contributed by atoms with Crippen LogP contribution in [-0.4, -0.2) is 12.6 Å². The summed E-state index contributed by atoms with van der Waals surface area (Å²) >= 11 is 0. The topological polar surface area (TPSA) is 21.3 Å². The maximum Gasteiger partial charge on any atom is 0.101 e. The monoisotopic (exact) mass is 263 g/mol. The quantitative estimate of drug-likeness (QED) is 0.512. The van der Waals surface area contributed by atoms with E-state index in [1.165, 1.54) is 36.8 Å². The SMILES string of the molecule is C=C/C=C(\C)CCC1CNOC1/C=C(\C)CCCC. The maximum atomic E-state index is 5.64. The Bertz CT molecular complexity index is 330. The molecule has 2 unspecified atom stereocenters. The highest BCUT2D eigenvalue weighted by molar-refractivity contribution is 5.09. The smallest absolute Gasteiger partial charge is 0.101 e. The summed E-state index contributed by atoms with van der Waals surface area (Å²) in [6.45, 7) is 11.3. The minimum absolute atomic E-state index is 0.244. The summed E-state index contributed by atoms with van der Waals surface area (Å²) in [4.78, 5) is 5.64. The van der Waals surface area contributed by atoms with Crippen LogP contribution in [0.2, 0.25) is 0 Å². The molecule has 1 fully saturated rings. The van der Waals surface area contributed by atoms with E-state index in [0.29, 0.717) is 5.92 Å². The minimum Gasteiger partial charge on any atom is -0.294 e. The lowest BCUT2D eigenvalue weighted by atomic mass is 9.93. The van der Waals surface area contributed by atoms with Crippen LogP contribution in [0.5, 0.6) is 0 Å². The van der Waals surface area contributed by atoms with E-state index in [1.54, 1.807) is 0 Å². The number of rotatable bonds is 8. The fraction of sp³-hybridized carbons (Fsp3) is 0.647. The van der Waals surface area contributed by atoms with Crippen LogP contribution < -0.4 is 5.48 Å². The molecule has 1 N–H and O–H groups in total. The van der Waals surface area contributed by atoms with Gasteiger partial charge in [-0.2, -0.15) is 0 Å². The third-order valence-electron chi connectivity index (χ3n) is 3.71. The molecule has 2 atom stereocenters. The molecule has 1 aliphatic heterocycles. The third kappa shape index (κ3) is 6.22. The molecule has 2 nitrogen and oxygen atoms in total. The molecule has 0 bridgehead atoms. The van der Waals surface area contributed by atoms with Crippen LogP contribution in [0.3, 0.4) is 0 Å². The molecule has 1 saturated heterocycles. The lowest BCUT2D eigenvalue weighted by Crippen LogP contribution is -2.15. The Kier molecular flexibility index (Phi) is 7.76. The summed E-state index contributed by atoms with van der Waals surface area (Å²) in [5.74, 6) is 0.588. The van der Waals surface area contributed by atoms with Crippen molar-refractivity contribution >= 4 is 0 Å². The first-order chi connectivity index (χ1) is 9.17. The molecule has 1 heterocycles. The van der Waals surface area contributed by atoms with Crippen LogP contribution in [0.4, 0.5) is 0 Å². The average molecular weight is 263 g/mol. The summed E-state index contributed by atoms with van der Waals surface area (Å²) in [5.41, 5.74) is 5.91. The molecule has 1 rings (SSSR count). The van der Waals surface area contributed by atoms with E-state index in [4.69, 9.17) is 4.84 Å². The van der Waals surface area contributed by atoms with Crippen LogP contribution >= 0.6 is 0 Å². The van der Waals surface area contributed by atoms with Crippen LogP contribution in [0.15, 0.2) is 36.0 Å². The lowest BCUT2D eigenvalue weighted by Gasteiger charge is -2.14. The van der Waals surface area contributed by atoms with Gasteiger partial charge in [-0.3, -0.25) is 4.84 Å². The Labute approximate surface area is 118 Å². The Morgan fingerprint density at radius 2 is 2.11 bits per heavy atom.